The first-order chi connectivity index (χ1) is 9.42. The Morgan fingerprint density at radius 2 is 1.95 bits per heavy atom. The van der Waals surface area contributed by atoms with Gasteiger partial charge in [-0.3, -0.25) is 4.79 Å². The Morgan fingerprint density at radius 1 is 1.35 bits per heavy atom. The van der Waals surface area contributed by atoms with Gasteiger partial charge in [0.2, 0.25) is 10.0 Å². The van der Waals surface area contributed by atoms with Crippen LogP contribution in [0.25, 0.3) is 0 Å². The van der Waals surface area contributed by atoms with Crippen molar-refractivity contribution in [2.45, 2.75) is 12.7 Å². The van der Waals surface area contributed by atoms with E-state index in [9.17, 15) is 13.2 Å². The van der Waals surface area contributed by atoms with Crippen LogP contribution in [0.2, 0.25) is 0 Å². The van der Waals surface area contributed by atoms with Crippen LogP contribution in [0.5, 0.6) is 0 Å². The van der Waals surface area contributed by atoms with E-state index in [1.54, 1.807) is 31.2 Å². The molecule has 0 fully saturated rings. The van der Waals surface area contributed by atoms with Gasteiger partial charge in [0, 0.05) is 6.54 Å². The molecular weight excluding hydrogens is 280 g/mol. The van der Waals surface area contributed by atoms with Crippen molar-refractivity contribution in [2.75, 3.05) is 20.2 Å². The normalized spacial score (nSPS) is 11.1. The van der Waals surface area contributed by atoms with E-state index in [-0.39, 0.29) is 18.8 Å². The molecule has 0 bridgehead atoms. The smallest absolute Gasteiger partial charge is 0.321 e. The van der Waals surface area contributed by atoms with Gasteiger partial charge in [0.05, 0.1) is 24.5 Å². The van der Waals surface area contributed by atoms with Gasteiger partial charge < -0.3 is 4.74 Å². The van der Waals surface area contributed by atoms with Gasteiger partial charge in [-0.2, -0.15) is 9.57 Å². The molecule has 0 aliphatic heterocycles. The summed E-state index contributed by atoms with van der Waals surface area (Å²) in [4.78, 5) is 11.2. The molecule has 0 atom stereocenters. The van der Waals surface area contributed by atoms with Gasteiger partial charge in [-0.15, -0.1) is 0 Å². The standard InChI is InChI=1S/C13H16N2O4S/c1-3-15(9-13(16)19-2)20(17,18)10-12-6-4-11(8-14)5-7-12/h4-7H,3,9-10H2,1-2H3. The molecule has 0 aromatic heterocycles. The van der Waals surface area contributed by atoms with Gasteiger partial charge >= 0.3 is 5.97 Å². The lowest BCUT2D eigenvalue weighted by molar-refractivity contribution is -0.140. The second kappa shape index (κ2) is 7.03. The van der Waals surface area contributed by atoms with Crippen LogP contribution in [0.4, 0.5) is 0 Å². The highest BCUT2D eigenvalue weighted by atomic mass is 32.2. The van der Waals surface area contributed by atoms with Gasteiger partial charge in [-0.25, -0.2) is 8.42 Å². The van der Waals surface area contributed by atoms with Crippen LogP contribution in [-0.4, -0.2) is 38.9 Å². The van der Waals surface area contributed by atoms with Crippen molar-refractivity contribution in [1.29, 1.82) is 5.26 Å². The van der Waals surface area contributed by atoms with Crippen LogP contribution in [0.1, 0.15) is 18.1 Å². The maximum absolute atomic E-state index is 12.2. The van der Waals surface area contributed by atoms with E-state index in [0.29, 0.717) is 11.1 Å². The zero-order chi connectivity index (χ0) is 15.2. The molecule has 1 aromatic rings. The minimum atomic E-state index is -3.60. The molecule has 0 heterocycles. The predicted molar refractivity (Wildman–Crippen MR) is 73.0 cm³/mol. The number of benzene rings is 1. The van der Waals surface area contributed by atoms with E-state index in [1.807, 2.05) is 6.07 Å². The Kier molecular flexibility index (Phi) is 5.67. The Bertz CT molecular complexity index is 602. The number of nitriles is 1. The number of carbonyl (C=O) groups excluding carboxylic acids is 1. The molecular formula is C13H16N2O4S. The number of ether oxygens (including phenoxy) is 1. The number of methoxy groups -OCH3 is 1. The average molecular weight is 296 g/mol. The van der Waals surface area contributed by atoms with E-state index in [4.69, 9.17) is 5.26 Å². The number of sulfonamides is 1. The quantitative estimate of drug-likeness (QED) is 0.727. The summed E-state index contributed by atoms with van der Waals surface area (Å²) in [6, 6.07) is 8.25. The third kappa shape index (κ3) is 4.33. The van der Waals surface area contributed by atoms with Crippen molar-refractivity contribution in [3.63, 3.8) is 0 Å². The SMILES string of the molecule is CCN(CC(=O)OC)S(=O)(=O)Cc1ccc(C#N)cc1. The summed E-state index contributed by atoms with van der Waals surface area (Å²) in [5.74, 6) is -0.820. The van der Waals surface area contributed by atoms with Crippen LogP contribution in [0.3, 0.4) is 0 Å². The Hall–Kier alpha value is -1.91. The molecule has 0 radical (unpaired) electrons. The zero-order valence-electron chi connectivity index (χ0n) is 11.4. The number of carbonyl (C=O) groups is 1. The first-order valence-electron chi connectivity index (χ1n) is 5.96. The molecule has 108 valence electrons. The number of hydrogen-bond acceptors (Lipinski definition) is 5. The van der Waals surface area contributed by atoms with Crippen molar-refractivity contribution in [3.05, 3.63) is 35.4 Å². The lowest BCUT2D eigenvalue weighted by Gasteiger charge is -2.19. The summed E-state index contributed by atoms with van der Waals surface area (Å²) in [7, 11) is -2.39. The van der Waals surface area contributed by atoms with Crippen molar-refractivity contribution in [3.8, 4) is 6.07 Å². The van der Waals surface area contributed by atoms with E-state index >= 15 is 0 Å². The molecule has 7 heteroatoms. The number of nitrogens with zero attached hydrogens (tertiary/aromatic N) is 2. The highest BCUT2D eigenvalue weighted by Gasteiger charge is 2.23. The van der Waals surface area contributed by atoms with Gasteiger partial charge in [0.15, 0.2) is 0 Å². The van der Waals surface area contributed by atoms with E-state index in [2.05, 4.69) is 4.74 Å². The number of rotatable bonds is 6. The van der Waals surface area contributed by atoms with E-state index in [1.165, 1.54) is 7.11 Å². The van der Waals surface area contributed by atoms with Crippen molar-refractivity contribution < 1.29 is 17.9 Å². The number of hydrogen-bond donors (Lipinski definition) is 0. The Morgan fingerprint density at radius 3 is 2.40 bits per heavy atom. The summed E-state index contributed by atoms with van der Waals surface area (Å²) in [6.07, 6.45) is 0. The molecule has 0 aliphatic carbocycles. The molecule has 0 saturated carbocycles. The summed E-state index contributed by atoms with van der Waals surface area (Å²) >= 11 is 0. The van der Waals surface area contributed by atoms with Gasteiger partial charge in [-0.05, 0) is 17.7 Å². The van der Waals surface area contributed by atoms with Crippen molar-refractivity contribution in [2.24, 2.45) is 0 Å². The van der Waals surface area contributed by atoms with Crippen LogP contribution in [-0.2, 0) is 25.3 Å². The maximum atomic E-state index is 12.2. The van der Waals surface area contributed by atoms with E-state index in [0.717, 1.165) is 4.31 Å². The van der Waals surface area contributed by atoms with Crippen LogP contribution >= 0.6 is 0 Å². The molecule has 0 saturated heterocycles. The molecule has 0 spiro atoms. The first-order valence-corrected chi connectivity index (χ1v) is 7.57. The second-order valence-corrected chi connectivity index (χ2v) is 6.04. The lowest BCUT2D eigenvalue weighted by atomic mass is 10.2. The van der Waals surface area contributed by atoms with Crippen molar-refractivity contribution in [1.82, 2.24) is 4.31 Å². The molecule has 6 nitrogen and oxygen atoms in total. The Labute approximate surface area is 118 Å². The summed E-state index contributed by atoms with van der Waals surface area (Å²) in [6.45, 7) is 1.54. The van der Waals surface area contributed by atoms with Gasteiger partial charge in [0.25, 0.3) is 0 Å². The highest BCUT2D eigenvalue weighted by molar-refractivity contribution is 7.88. The van der Waals surface area contributed by atoms with Gasteiger partial charge in [0.1, 0.15) is 6.54 Å². The third-order valence-electron chi connectivity index (χ3n) is 2.71. The Balaban J connectivity index is 2.86. The highest BCUT2D eigenvalue weighted by Crippen LogP contribution is 2.12. The molecule has 0 aliphatic rings. The average Bonchev–Trinajstić information content (AvgIpc) is 2.44. The fourth-order valence-electron chi connectivity index (χ4n) is 1.59. The molecule has 0 amide bonds. The fourth-order valence-corrected chi connectivity index (χ4v) is 3.08. The summed E-state index contributed by atoms with van der Waals surface area (Å²) < 4.78 is 29.9. The molecule has 1 rings (SSSR count). The monoisotopic (exact) mass is 296 g/mol. The minimum Gasteiger partial charge on any atom is -0.468 e. The molecule has 1 aromatic carbocycles. The number of esters is 1. The maximum Gasteiger partial charge on any atom is 0.321 e. The predicted octanol–water partition coefficient (Wildman–Crippen LogP) is 0.883. The second-order valence-electron chi connectivity index (χ2n) is 4.07. The lowest BCUT2D eigenvalue weighted by Crippen LogP contribution is -2.36. The molecule has 0 N–H and O–H groups in total. The molecule has 20 heavy (non-hydrogen) atoms. The molecule has 0 unspecified atom stereocenters. The largest absolute Gasteiger partial charge is 0.468 e. The topological polar surface area (TPSA) is 87.5 Å². The third-order valence-corrected chi connectivity index (χ3v) is 4.58. The fraction of sp³-hybridized carbons (Fsp3) is 0.385. The van der Waals surface area contributed by atoms with Crippen LogP contribution < -0.4 is 0 Å². The summed E-state index contributed by atoms with van der Waals surface area (Å²) in [5.41, 5.74) is 1.03. The van der Waals surface area contributed by atoms with E-state index < -0.39 is 16.0 Å². The zero-order valence-corrected chi connectivity index (χ0v) is 12.2. The first kappa shape index (κ1) is 16.1. The summed E-state index contributed by atoms with van der Waals surface area (Å²) in [5, 5.41) is 8.69. The van der Waals surface area contributed by atoms with Crippen LogP contribution in [0, 0.1) is 11.3 Å². The number of likely N-dealkylation sites (N-methyl/N-ethyl adjacent to an activating group) is 1. The van der Waals surface area contributed by atoms with Crippen LogP contribution in [0.15, 0.2) is 24.3 Å². The van der Waals surface area contributed by atoms with Gasteiger partial charge in [-0.1, -0.05) is 19.1 Å². The van der Waals surface area contributed by atoms with Crippen molar-refractivity contribution >= 4 is 16.0 Å². The minimum absolute atomic E-state index is 0.188.